The second-order valence-corrected chi connectivity index (χ2v) is 5.96. The standard InChI is InChI=1S/C17H34O2/c1-3-16(2)14-12-10-8-6-4-5-7-9-11-13-15-17(18)19/h16H,3-15H2,1-2H3,(H,18,19)/p-1/t16-/m0/s1. The molecule has 0 aromatic rings. The highest BCUT2D eigenvalue weighted by atomic mass is 16.4. The third-order valence-electron chi connectivity index (χ3n) is 4.02. The van der Waals surface area contributed by atoms with Crippen LogP contribution in [0.4, 0.5) is 0 Å². The van der Waals surface area contributed by atoms with E-state index in [1.165, 1.54) is 64.2 Å². The topological polar surface area (TPSA) is 40.1 Å². The Bertz CT molecular complexity index is 201. The van der Waals surface area contributed by atoms with Crippen LogP contribution in [0.3, 0.4) is 0 Å². The molecule has 0 N–H and O–H groups in total. The number of aliphatic carboxylic acids is 1. The number of carboxylic acid groups (broad SMARTS) is 1. The number of carbonyl (C=O) groups is 1. The van der Waals surface area contributed by atoms with Crippen molar-refractivity contribution in [2.75, 3.05) is 0 Å². The van der Waals surface area contributed by atoms with Gasteiger partial charge in [-0.15, -0.1) is 0 Å². The molecule has 0 aliphatic carbocycles. The fourth-order valence-electron chi connectivity index (χ4n) is 2.38. The minimum Gasteiger partial charge on any atom is -0.550 e. The van der Waals surface area contributed by atoms with Gasteiger partial charge in [-0.05, 0) is 18.8 Å². The molecular formula is C17H33O2-. The Kier molecular flexibility index (Phi) is 13.5. The molecule has 2 heteroatoms. The van der Waals surface area contributed by atoms with Gasteiger partial charge < -0.3 is 9.90 Å². The molecule has 19 heavy (non-hydrogen) atoms. The highest BCUT2D eigenvalue weighted by molar-refractivity contribution is 5.63. The summed E-state index contributed by atoms with van der Waals surface area (Å²) in [7, 11) is 0. The average molecular weight is 269 g/mol. The highest BCUT2D eigenvalue weighted by Gasteiger charge is 1.98. The van der Waals surface area contributed by atoms with Gasteiger partial charge in [-0.1, -0.05) is 84.5 Å². The molecule has 0 amide bonds. The Hall–Kier alpha value is -0.530. The van der Waals surface area contributed by atoms with Crippen LogP contribution >= 0.6 is 0 Å². The van der Waals surface area contributed by atoms with E-state index in [9.17, 15) is 9.90 Å². The summed E-state index contributed by atoms with van der Waals surface area (Å²) in [6, 6.07) is 0. The number of carboxylic acids is 1. The van der Waals surface area contributed by atoms with Crippen molar-refractivity contribution in [2.24, 2.45) is 5.92 Å². The Morgan fingerprint density at radius 3 is 1.68 bits per heavy atom. The SMILES string of the molecule is CC[C@H](C)CCCCCCCCCCCCC(=O)[O-]. The number of unbranched alkanes of at least 4 members (excludes halogenated alkanes) is 9. The quantitative estimate of drug-likeness (QED) is 0.437. The van der Waals surface area contributed by atoms with Gasteiger partial charge in [0.1, 0.15) is 0 Å². The lowest BCUT2D eigenvalue weighted by Gasteiger charge is -2.07. The van der Waals surface area contributed by atoms with Crippen LogP contribution in [0, 0.1) is 5.92 Å². The van der Waals surface area contributed by atoms with Crippen molar-refractivity contribution in [3.63, 3.8) is 0 Å². The lowest BCUT2D eigenvalue weighted by Crippen LogP contribution is -2.21. The van der Waals surface area contributed by atoms with Crippen LogP contribution in [0.5, 0.6) is 0 Å². The van der Waals surface area contributed by atoms with Crippen molar-refractivity contribution in [3.8, 4) is 0 Å². The normalized spacial score (nSPS) is 12.5. The molecule has 1 atom stereocenters. The van der Waals surface area contributed by atoms with E-state index in [1.807, 2.05) is 0 Å². The zero-order valence-corrected chi connectivity index (χ0v) is 13.1. The lowest BCUT2D eigenvalue weighted by molar-refractivity contribution is -0.305. The predicted molar refractivity (Wildman–Crippen MR) is 79.9 cm³/mol. The molecule has 0 heterocycles. The summed E-state index contributed by atoms with van der Waals surface area (Å²) in [6.45, 7) is 4.62. The zero-order chi connectivity index (χ0) is 14.3. The minimum atomic E-state index is -0.905. The summed E-state index contributed by atoms with van der Waals surface area (Å²) < 4.78 is 0. The van der Waals surface area contributed by atoms with Crippen molar-refractivity contribution in [1.82, 2.24) is 0 Å². The van der Waals surface area contributed by atoms with Gasteiger partial charge >= 0.3 is 0 Å². The van der Waals surface area contributed by atoms with Crippen LogP contribution in [0.2, 0.25) is 0 Å². The number of hydrogen-bond donors (Lipinski definition) is 0. The molecule has 0 aromatic heterocycles. The molecule has 0 radical (unpaired) electrons. The first kappa shape index (κ1) is 18.5. The van der Waals surface area contributed by atoms with Crippen LogP contribution in [0.15, 0.2) is 0 Å². The third kappa shape index (κ3) is 15.4. The molecule has 2 nitrogen and oxygen atoms in total. The minimum absolute atomic E-state index is 0.232. The lowest BCUT2D eigenvalue weighted by atomic mass is 9.99. The molecule has 0 aromatic carbocycles. The molecule has 0 saturated heterocycles. The molecule has 0 unspecified atom stereocenters. The molecule has 0 aliphatic rings. The number of rotatable bonds is 14. The Labute approximate surface area is 120 Å². The van der Waals surface area contributed by atoms with E-state index >= 15 is 0 Å². The molecule has 0 fully saturated rings. The van der Waals surface area contributed by atoms with E-state index in [0.29, 0.717) is 0 Å². The van der Waals surface area contributed by atoms with Crippen molar-refractivity contribution in [2.45, 2.75) is 97.3 Å². The monoisotopic (exact) mass is 269 g/mol. The Morgan fingerprint density at radius 2 is 1.26 bits per heavy atom. The fourth-order valence-corrected chi connectivity index (χ4v) is 2.38. The van der Waals surface area contributed by atoms with Crippen molar-refractivity contribution in [3.05, 3.63) is 0 Å². The second-order valence-electron chi connectivity index (χ2n) is 5.96. The fraction of sp³-hybridized carbons (Fsp3) is 0.941. The molecule has 0 aliphatic heterocycles. The summed E-state index contributed by atoms with van der Waals surface area (Å²) >= 11 is 0. The maximum absolute atomic E-state index is 10.2. The van der Waals surface area contributed by atoms with Crippen LogP contribution < -0.4 is 5.11 Å². The number of carbonyl (C=O) groups excluding carboxylic acids is 1. The summed E-state index contributed by atoms with van der Waals surface area (Å²) in [5, 5.41) is 10.2. The maximum atomic E-state index is 10.2. The first-order chi connectivity index (χ1) is 9.16. The van der Waals surface area contributed by atoms with Gasteiger partial charge in [-0.2, -0.15) is 0 Å². The van der Waals surface area contributed by atoms with Gasteiger partial charge in [-0.3, -0.25) is 0 Å². The van der Waals surface area contributed by atoms with Gasteiger partial charge in [0.05, 0.1) is 0 Å². The molecule has 0 saturated carbocycles. The Morgan fingerprint density at radius 1 is 0.842 bits per heavy atom. The van der Waals surface area contributed by atoms with Gasteiger partial charge in [0.2, 0.25) is 0 Å². The van der Waals surface area contributed by atoms with Crippen LogP contribution in [-0.2, 0) is 4.79 Å². The largest absolute Gasteiger partial charge is 0.550 e. The van der Waals surface area contributed by atoms with Crippen molar-refractivity contribution in [1.29, 1.82) is 0 Å². The number of hydrogen-bond acceptors (Lipinski definition) is 2. The summed E-state index contributed by atoms with van der Waals surface area (Å²) in [5.41, 5.74) is 0. The molecular weight excluding hydrogens is 236 g/mol. The zero-order valence-electron chi connectivity index (χ0n) is 13.1. The van der Waals surface area contributed by atoms with Gasteiger partial charge in [0.15, 0.2) is 0 Å². The molecule has 0 rings (SSSR count). The van der Waals surface area contributed by atoms with E-state index < -0.39 is 5.97 Å². The van der Waals surface area contributed by atoms with Crippen LogP contribution in [-0.4, -0.2) is 5.97 Å². The molecule has 0 bridgehead atoms. The Balaban J connectivity index is 3.01. The van der Waals surface area contributed by atoms with E-state index in [4.69, 9.17) is 0 Å². The molecule has 114 valence electrons. The highest BCUT2D eigenvalue weighted by Crippen LogP contribution is 2.15. The van der Waals surface area contributed by atoms with Crippen LogP contribution in [0.25, 0.3) is 0 Å². The second kappa shape index (κ2) is 13.9. The van der Waals surface area contributed by atoms with Crippen LogP contribution in [0.1, 0.15) is 97.3 Å². The maximum Gasteiger partial charge on any atom is 0.0414 e. The van der Waals surface area contributed by atoms with E-state index in [0.717, 1.165) is 18.8 Å². The van der Waals surface area contributed by atoms with Gasteiger partial charge in [0.25, 0.3) is 0 Å². The summed E-state index contributed by atoms with van der Waals surface area (Å²) in [5.74, 6) is -0.00149. The first-order valence-corrected chi connectivity index (χ1v) is 8.36. The van der Waals surface area contributed by atoms with E-state index in [-0.39, 0.29) is 6.42 Å². The smallest absolute Gasteiger partial charge is 0.0414 e. The predicted octanol–water partition coefficient (Wildman–Crippen LogP) is 4.46. The molecule has 0 spiro atoms. The van der Waals surface area contributed by atoms with Gasteiger partial charge in [0, 0.05) is 5.97 Å². The van der Waals surface area contributed by atoms with Crippen molar-refractivity contribution < 1.29 is 9.90 Å². The van der Waals surface area contributed by atoms with Gasteiger partial charge in [-0.25, -0.2) is 0 Å². The first-order valence-electron chi connectivity index (χ1n) is 8.36. The van der Waals surface area contributed by atoms with E-state index in [2.05, 4.69) is 13.8 Å². The summed E-state index contributed by atoms with van der Waals surface area (Å²) in [4.78, 5) is 10.2. The van der Waals surface area contributed by atoms with Crippen molar-refractivity contribution >= 4 is 5.97 Å². The third-order valence-corrected chi connectivity index (χ3v) is 4.02. The van der Waals surface area contributed by atoms with E-state index in [1.54, 1.807) is 0 Å². The average Bonchev–Trinajstić information content (AvgIpc) is 2.39. The summed E-state index contributed by atoms with van der Waals surface area (Å²) in [6.07, 6.45) is 15.5.